The molecular weight excluding hydrogens is 250 g/mol. The van der Waals surface area contributed by atoms with Crippen LogP contribution in [0.3, 0.4) is 0 Å². The first kappa shape index (κ1) is 13.3. The molecule has 1 heterocycles. The van der Waals surface area contributed by atoms with E-state index in [0.29, 0.717) is 5.92 Å². The molecule has 1 saturated carbocycles. The fourth-order valence-electron chi connectivity index (χ4n) is 2.36. The number of pyridine rings is 1. The fraction of sp³-hybridized carbons (Fsp3) is 0.500. The molecule has 1 aliphatic carbocycles. The Morgan fingerprint density at radius 2 is 2.26 bits per heavy atom. The molecule has 0 amide bonds. The van der Waals surface area contributed by atoms with Crippen LogP contribution in [-0.2, 0) is 0 Å². The predicted octanol–water partition coefficient (Wildman–Crippen LogP) is 2.29. The van der Waals surface area contributed by atoms with E-state index in [1.165, 1.54) is 6.07 Å². The van der Waals surface area contributed by atoms with Gasteiger partial charge in [0.25, 0.3) is 0 Å². The number of rotatable bonds is 4. The van der Waals surface area contributed by atoms with Crippen LogP contribution in [-0.4, -0.2) is 27.0 Å². The highest BCUT2D eigenvalue weighted by molar-refractivity contribution is 5.86. The largest absolute Gasteiger partial charge is 0.477 e. The van der Waals surface area contributed by atoms with Gasteiger partial charge in [0, 0.05) is 12.1 Å². The van der Waals surface area contributed by atoms with Crippen molar-refractivity contribution in [2.45, 2.75) is 32.2 Å². The minimum absolute atomic E-state index is 0.0450. The molecule has 2 atom stereocenters. The molecule has 0 aromatic carbocycles. The summed E-state index contributed by atoms with van der Waals surface area (Å²) in [5.41, 5.74) is -0.386. The van der Waals surface area contributed by atoms with E-state index in [0.717, 1.165) is 25.3 Å². The molecule has 0 aliphatic heterocycles. The lowest BCUT2D eigenvalue weighted by molar-refractivity contribution is -0.384. The van der Waals surface area contributed by atoms with Gasteiger partial charge in [0.05, 0.1) is 4.92 Å². The van der Waals surface area contributed by atoms with Gasteiger partial charge in [-0.25, -0.2) is 9.78 Å². The topological polar surface area (TPSA) is 105 Å². The second kappa shape index (κ2) is 5.21. The third-order valence-corrected chi connectivity index (χ3v) is 3.47. The predicted molar refractivity (Wildman–Crippen MR) is 68.3 cm³/mol. The SMILES string of the molecule is CC1CCCC1Nc1nc(C(=O)O)ccc1[N+](=O)[O-]. The Bertz CT molecular complexity index is 518. The molecule has 102 valence electrons. The van der Waals surface area contributed by atoms with Gasteiger partial charge >= 0.3 is 11.7 Å². The standard InChI is InChI=1S/C12H15N3O4/c1-7-3-2-4-8(7)13-11-10(15(18)19)6-5-9(14-11)12(16)17/h5-8H,2-4H2,1H3,(H,13,14)(H,16,17). The number of aromatic nitrogens is 1. The molecule has 1 aromatic heterocycles. The summed E-state index contributed by atoms with van der Waals surface area (Å²) in [5.74, 6) is -0.754. The Morgan fingerprint density at radius 3 is 2.79 bits per heavy atom. The highest BCUT2D eigenvalue weighted by Crippen LogP contribution is 2.30. The Hall–Kier alpha value is -2.18. The maximum atomic E-state index is 10.9. The quantitative estimate of drug-likeness (QED) is 0.639. The lowest BCUT2D eigenvalue weighted by Gasteiger charge is -2.17. The number of anilines is 1. The average molecular weight is 265 g/mol. The summed E-state index contributed by atoms with van der Waals surface area (Å²) in [6, 6.07) is 2.43. The Kier molecular flexibility index (Phi) is 3.64. The van der Waals surface area contributed by atoms with E-state index in [-0.39, 0.29) is 23.2 Å². The van der Waals surface area contributed by atoms with Crippen LogP contribution in [0.5, 0.6) is 0 Å². The minimum atomic E-state index is -1.20. The lowest BCUT2D eigenvalue weighted by Crippen LogP contribution is -2.23. The molecule has 2 unspecified atom stereocenters. The zero-order valence-electron chi connectivity index (χ0n) is 10.5. The van der Waals surface area contributed by atoms with Crippen molar-refractivity contribution in [3.8, 4) is 0 Å². The van der Waals surface area contributed by atoms with Crippen LogP contribution in [0.4, 0.5) is 11.5 Å². The maximum absolute atomic E-state index is 10.9. The van der Waals surface area contributed by atoms with Crippen molar-refractivity contribution in [3.63, 3.8) is 0 Å². The van der Waals surface area contributed by atoms with E-state index < -0.39 is 10.9 Å². The van der Waals surface area contributed by atoms with Crippen LogP contribution in [0.15, 0.2) is 12.1 Å². The van der Waals surface area contributed by atoms with Crippen molar-refractivity contribution < 1.29 is 14.8 Å². The second-order valence-electron chi connectivity index (χ2n) is 4.79. The summed E-state index contributed by atoms with van der Waals surface area (Å²) in [4.78, 5) is 25.1. The fourth-order valence-corrected chi connectivity index (χ4v) is 2.36. The van der Waals surface area contributed by atoms with Crippen LogP contribution in [0, 0.1) is 16.0 Å². The van der Waals surface area contributed by atoms with Crippen LogP contribution in [0.1, 0.15) is 36.7 Å². The molecule has 0 spiro atoms. The van der Waals surface area contributed by atoms with Crippen LogP contribution in [0.2, 0.25) is 0 Å². The molecule has 2 N–H and O–H groups in total. The molecule has 0 saturated heterocycles. The van der Waals surface area contributed by atoms with Gasteiger partial charge in [-0.15, -0.1) is 0 Å². The summed E-state index contributed by atoms with van der Waals surface area (Å²) < 4.78 is 0. The van der Waals surface area contributed by atoms with Gasteiger partial charge < -0.3 is 10.4 Å². The molecule has 19 heavy (non-hydrogen) atoms. The first-order valence-corrected chi connectivity index (χ1v) is 6.14. The highest BCUT2D eigenvalue weighted by atomic mass is 16.6. The molecule has 1 aliphatic rings. The van der Waals surface area contributed by atoms with Crippen molar-refractivity contribution in [1.82, 2.24) is 4.98 Å². The number of carboxylic acid groups (broad SMARTS) is 1. The van der Waals surface area contributed by atoms with Crippen molar-refractivity contribution >= 4 is 17.5 Å². The molecule has 1 aromatic rings. The number of hydrogen-bond acceptors (Lipinski definition) is 5. The monoisotopic (exact) mass is 265 g/mol. The molecule has 7 nitrogen and oxygen atoms in total. The van der Waals surface area contributed by atoms with E-state index in [1.54, 1.807) is 0 Å². The third kappa shape index (κ3) is 2.81. The van der Waals surface area contributed by atoms with Gasteiger partial charge in [-0.1, -0.05) is 13.3 Å². The van der Waals surface area contributed by atoms with Gasteiger partial charge in [-0.2, -0.15) is 0 Å². The summed E-state index contributed by atoms with van der Waals surface area (Å²) in [5, 5.41) is 22.8. The molecule has 2 rings (SSSR count). The third-order valence-electron chi connectivity index (χ3n) is 3.47. The zero-order valence-corrected chi connectivity index (χ0v) is 10.5. The summed E-state index contributed by atoms with van der Waals surface area (Å²) in [6.07, 6.45) is 3.03. The normalized spacial score (nSPS) is 22.2. The van der Waals surface area contributed by atoms with Crippen molar-refractivity contribution in [2.75, 3.05) is 5.32 Å². The lowest BCUT2D eigenvalue weighted by atomic mass is 10.1. The van der Waals surface area contributed by atoms with E-state index in [4.69, 9.17) is 5.11 Å². The van der Waals surface area contributed by atoms with Gasteiger partial charge in [-0.3, -0.25) is 10.1 Å². The number of carboxylic acids is 1. The number of carbonyl (C=O) groups is 1. The molecule has 1 fully saturated rings. The van der Waals surface area contributed by atoms with Crippen LogP contribution < -0.4 is 5.32 Å². The van der Waals surface area contributed by atoms with Crippen LogP contribution >= 0.6 is 0 Å². The number of aromatic carboxylic acids is 1. The van der Waals surface area contributed by atoms with Gasteiger partial charge in [0.15, 0.2) is 5.69 Å². The van der Waals surface area contributed by atoms with Gasteiger partial charge in [-0.05, 0) is 24.8 Å². The highest BCUT2D eigenvalue weighted by Gasteiger charge is 2.27. The van der Waals surface area contributed by atoms with Gasteiger partial charge in [0.2, 0.25) is 5.82 Å². The van der Waals surface area contributed by atoms with Crippen molar-refractivity contribution in [2.24, 2.45) is 5.92 Å². The molecule has 7 heteroatoms. The van der Waals surface area contributed by atoms with E-state index in [2.05, 4.69) is 17.2 Å². The van der Waals surface area contributed by atoms with Gasteiger partial charge in [0.1, 0.15) is 0 Å². The summed E-state index contributed by atoms with van der Waals surface area (Å²) in [7, 11) is 0. The van der Waals surface area contributed by atoms with E-state index >= 15 is 0 Å². The summed E-state index contributed by atoms with van der Waals surface area (Å²) >= 11 is 0. The molecule has 0 radical (unpaired) electrons. The number of hydrogen-bond donors (Lipinski definition) is 2. The van der Waals surface area contributed by atoms with Crippen molar-refractivity contribution in [3.05, 3.63) is 27.9 Å². The Balaban J connectivity index is 2.32. The number of nitrogens with one attached hydrogen (secondary N) is 1. The first-order chi connectivity index (χ1) is 8.99. The van der Waals surface area contributed by atoms with Crippen LogP contribution in [0.25, 0.3) is 0 Å². The second-order valence-corrected chi connectivity index (χ2v) is 4.79. The minimum Gasteiger partial charge on any atom is -0.477 e. The van der Waals surface area contributed by atoms with Crippen molar-refractivity contribution in [1.29, 1.82) is 0 Å². The van der Waals surface area contributed by atoms with E-state index in [1.807, 2.05) is 0 Å². The molecular formula is C12H15N3O4. The first-order valence-electron chi connectivity index (χ1n) is 6.14. The number of nitro groups is 1. The maximum Gasteiger partial charge on any atom is 0.354 e. The Morgan fingerprint density at radius 1 is 1.53 bits per heavy atom. The smallest absolute Gasteiger partial charge is 0.354 e. The Labute approximate surface area is 109 Å². The van der Waals surface area contributed by atoms with E-state index in [9.17, 15) is 14.9 Å². The average Bonchev–Trinajstić information content (AvgIpc) is 2.74. The summed E-state index contributed by atoms with van der Waals surface area (Å²) in [6.45, 7) is 2.07. The zero-order chi connectivity index (χ0) is 14.0. The molecule has 0 bridgehead atoms. The number of nitrogens with zero attached hydrogens (tertiary/aromatic N) is 2.